The molecule has 1 amide bonds. The minimum atomic E-state index is -4.17. The fourth-order valence-corrected chi connectivity index (χ4v) is 3.72. The normalized spacial score (nSPS) is 18.1. The van der Waals surface area contributed by atoms with Gasteiger partial charge in [-0.3, -0.25) is 9.78 Å². The molecule has 2 atom stereocenters. The first-order chi connectivity index (χ1) is 14.3. The van der Waals surface area contributed by atoms with Crippen LogP contribution in [0.3, 0.4) is 0 Å². The number of amides is 1. The Morgan fingerprint density at radius 2 is 2.13 bits per heavy atom. The first-order valence-corrected chi connectivity index (χ1v) is 9.68. The van der Waals surface area contributed by atoms with Crippen molar-refractivity contribution in [2.24, 2.45) is 5.92 Å². The topological polar surface area (TPSA) is 68.0 Å². The number of carbonyl (C=O) groups is 1. The quantitative estimate of drug-likeness (QED) is 0.614. The summed E-state index contributed by atoms with van der Waals surface area (Å²) in [4.78, 5) is 21.1. The number of halogens is 3. The van der Waals surface area contributed by atoms with Crippen molar-refractivity contribution in [2.75, 3.05) is 0 Å². The number of hydrogen-bond acceptors (Lipinski definition) is 4. The number of nitrogens with zero attached hydrogens (tertiary/aromatic N) is 2. The molecule has 0 saturated heterocycles. The van der Waals surface area contributed by atoms with E-state index in [0.717, 1.165) is 16.5 Å². The summed E-state index contributed by atoms with van der Waals surface area (Å²) in [5, 5.41) is 3.55. The van der Waals surface area contributed by atoms with Crippen LogP contribution in [0.15, 0.2) is 53.4 Å². The zero-order valence-electron chi connectivity index (χ0n) is 16.2. The fraction of sp³-hybridized carbons (Fsp3) is 0.318. The van der Waals surface area contributed by atoms with Crippen molar-refractivity contribution >= 4 is 22.4 Å². The van der Waals surface area contributed by atoms with Crippen molar-refractivity contribution in [3.05, 3.63) is 66.0 Å². The smallest absolute Gasteiger partial charge is 0.392 e. The summed E-state index contributed by atoms with van der Waals surface area (Å²) in [6.45, 7) is 1.76. The molecule has 2 aromatic heterocycles. The number of benzene rings is 1. The summed E-state index contributed by atoms with van der Waals surface area (Å²) < 4.78 is 44.1. The van der Waals surface area contributed by atoms with Gasteiger partial charge in [0, 0.05) is 11.6 Å². The second-order valence-electron chi connectivity index (χ2n) is 7.40. The summed E-state index contributed by atoms with van der Waals surface area (Å²) in [6, 6.07) is 6.81. The number of fused-ring (bicyclic) bond motifs is 1. The Balaban J connectivity index is 1.61. The summed E-state index contributed by atoms with van der Waals surface area (Å²) in [7, 11) is 0. The van der Waals surface area contributed by atoms with Gasteiger partial charge in [0.05, 0.1) is 23.2 Å². The predicted molar refractivity (Wildman–Crippen MR) is 106 cm³/mol. The van der Waals surface area contributed by atoms with E-state index in [1.54, 1.807) is 19.1 Å². The zero-order chi connectivity index (χ0) is 21.3. The van der Waals surface area contributed by atoms with Gasteiger partial charge in [-0.1, -0.05) is 18.2 Å². The highest BCUT2D eigenvalue weighted by Gasteiger charge is 2.39. The zero-order valence-corrected chi connectivity index (χ0v) is 16.2. The lowest BCUT2D eigenvalue weighted by Crippen LogP contribution is -2.27. The Morgan fingerprint density at radius 3 is 2.80 bits per heavy atom. The number of pyridine rings is 1. The molecule has 156 valence electrons. The molecule has 30 heavy (non-hydrogen) atoms. The lowest BCUT2D eigenvalue weighted by Gasteiger charge is -2.24. The molecule has 0 bridgehead atoms. The van der Waals surface area contributed by atoms with Gasteiger partial charge in [-0.2, -0.15) is 13.2 Å². The first kappa shape index (κ1) is 20.1. The number of hydrogen-bond donors (Lipinski definition) is 1. The van der Waals surface area contributed by atoms with Crippen LogP contribution in [0.5, 0.6) is 0 Å². The molecule has 0 fully saturated rings. The van der Waals surface area contributed by atoms with Crippen molar-refractivity contribution in [3.8, 4) is 0 Å². The maximum atomic E-state index is 13.0. The van der Waals surface area contributed by atoms with Crippen LogP contribution in [0.4, 0.5) is 13.2 Å². The number of oxazole rings is 1. The van der Waals surface area contributed by atoms with E-state index in [2.05, 4.69) is 15.3 Å². The van der Waals surface area contributed by atoms with Crippen LogP contribution >= 0.6 is 0 Å². The standard InChI is InChI=1S/C22H20F3N3O2/c1-13(21-26-9-10-30-21)28-20(29)15-11-18-17(3-2-4-19(18)27-12-15)14-5-7-16(8-6-14)22(23,24)25/h2-5,9-13,16H,6-8H2,1H3,(H,28,29). The Morgan fingerprint density at radius 1 is 1.30 bits per heavy atom. The second-order valence-corrected chi connectivity index (χ2v) is 7.40. The van der Waals surface area contributed by atoms with E-state index in [1.165, 1.54) is 18.7 Å². The lowest BCUT2D eigenvalue weighted by atomic mass is 9.85. The lowest BCUT2D eigenvalue weighted by molar-refractivity contribution is -0.175. The summed E-state index contributed by atoms with van der Waals surface area (Å²) in [5.41, 5.74) is 2.71. The number of rotatable bonds is 4. The summed E-state index contributed by atoms with van der Waals surface area (Å²) >= 11 is 0. The van der Waals surface area contributed by atoms with Gasteiger partial charge in [0.25, 0.3) is 5.91 Å². The van der Waals surface area contributed by atoms with Gasteiger partial charge in [0.15, 0.2) is 0 Å². The maximum Gasteiger partial charge on any atom is 0.392 e. The van der Waals surface area contributed by atoms with Crippen molar-refractivity contribution in [2.45, 2.75) is 38.4 Å². The maximum absolute atomic E-state index is 13.0. The number of nitrogens with one attached hydrogen (secondary N) is 1. The molecule has 0 aliphatic heterocycles. The second kappa shape index (κ2) is 7.93. The molecule has 1 aliphatic rings. The van der Waals surface area contributed by atoms with E-state index in [-0.39, 0.29) is 18.7 Å². The van der Waals surface area contributed by atoms with Crippen LogP contribution < -0.4 is 5.32 Å². The largest absolute Gasteiger partial charge is 0.447 e. The third kappa shape index (κ3) is 4.08. The van der Waals surface area contributed by atoms with E-state index in [4.69, 9.17) is 4.42 Å². The van der Waals surface area contributed by atoms with Gasteiger partial charge >= 0.3 is 6.18 Å². The van der Waals surface area contributed by atoms with Gasteiger partial charge < -0.3 is 9.73 Å². The predicted octanol–water partition coefficient (Wildman–Crippen LogP) is 5.46. The van der Waals surface area contributed by atoms with E-state index in [9.17, 15) is 18.0 Å². The SMILES string of the molecule is CC(NC(=O)c1cnc2cccc(C3=CCC(C(F)(F)F)CC3)c2c1)c1ncco1. The molecule has 2 heterocycles. The van der Waals surface area contributed by atoms with E-state index in [1.807, 2.05) is 18.2 Å². The molecule has 1 N–H and O–H groups in total. The van der Waals surface area contributed by atoms with Crippen LogP contribution in [-0.2, 0) is 0 Å². The molecule has 5 nitrogen and oxygen atoms in total. The van der Waals surface area contributed by atoms with Crippen LogP contribution in [0, 0.1) is 5.92 Å². The van der Waals surface area contributed by atoms with Crippen LogP contribution in [0.1, 0.15) is 54.0 Å². The molecule has 3 aromatic rings. The highest BCUT2D eigenvalue weighted by molar-refractivity contribution is 6.00. The van der Waals surface area contributed by atoms with Gasteiger partial charge in [-0.05, 0) is 49.5 Å². The van der Waals surface area contributed by atoms with E-state index in [0.29, 0.717) is 23.4 Å². The van der Waals surface area contributed by atoms with Crippen LogP contribution in [0.25, 0.3) is 16.5 Å². The van der Waals surface area contributed by atoms with Crippen molar-refractivity contribution in [1.29, 1.82) is 0 Å². The molecule has 1 aliphatic carbocycles. The Kier molecular flexibility index (Phi) is 5.32. The molecule has 0 radical (unpaired) electrons. The highest BCUT2D eigenvalue weighted by Crippen LogP contribution is 2.40. The van der Waals surface area contributed by atoms with Gasteiger partial charge in [0.2, 0.25) is 5.89 Å². The average Bonchev–Trinajstić information content (AvgIpc) is 3.27. The first-order valence-electron chi connectivity index (χ1n) is 9.68. The molecule has 0 saturated carbocycles. The molecule has 4 rings (SSSR count). The monoisotopic (exact) mass is 415 g/mol. The van der Waals surface area contributed by atoms with Crippen molar-refractivity contribution in [3.63, 3.8) is 0 Å². The third-order valence-electron chi connectivity index (χ3n) is 5.38. The number of aromatic nitrogens is 2. The molecule has 1 aromatic carbocycles. The Bertz CT molecular complexity index is 1090. The number of allylic oxidation sites excluding steroid dienone is 2. The average molecular weight is 415 g/mol. The van der Waals surface area contributed by atoms with Crippen molar-refractivity contribution < 1.29 is 22.4 Å². The number of alkyl halides is 3. The summed E-state index contributed by atoms with van der Waals surface area (Å²) in [5.74, 6) is -1.24. The van der Waals surface area contributed by atoms with Gasteiger partial charge in [-0.25, -0.2) is 4.98 Å². The summed E-state index contributed by atoms with van der Waals surface area (Å²) in [6.07, 6.45) is 2.27. The molecular weight excluding hydrogens is 395 g/mol. The fourth-order valence-electron chi connectivity index (χ4n) is 3.72. The third-order valence-corrected chi connectivity index (χ3v) is 5.38. The molecule has 8 heteroatoms. The molecule has 0 spiro atoms. The Labute approximate surface area is 171 Å². The minimum Gasteiger partial charge on any atom is -0.447 e. The minimum absolute atomic E-state index is 0.0313. The van der Waals surface area contributed by atoms with E-state index < -0.39 is 18.1 Å². The van der Waals surface area contributed by atoms with Gasteiger partial charge in [0.1, 0.15) is 12.3 Å². The van der Waals surface area contributed by atoms with Crippen LogP contribution in [-0.4, -0.2) is 22.1 Å². The van der Waals surface area contributed by atoms with Crippen molar-refractivity contribution in [1.82, 2.24) is 15.3 Å². The highest BCUT2D eigenvalue weighted by atomic mass is 19.4. The Hall–Kier alpha value is -3.16. The van der Waals surface area contributed by atoms with E-state index >= 15 is 0 Å². The molecular formula is C22H20F3N3O2. The van der Waals surface area contributed by atoms with Crippen LogP contribution in [0.2, 0.25) is 0 Å². The van der Waals surface area contributed by atoms with Gasteiger partial charge in [-0.15, -0.1) is 0 Å². The molecule has 2 unspecified atom stereocenters. The number of carbonyl (C=O) groups excluding carboxylic acids is 1.